The molecule has 8 heteroatoms. The van der Waals surface area contributed by atoms with Crippen molar-refractivity contribution < 1.29 is 27.9 Å². The van der Waals surface area contributed by atoms with Crippen molar-refractivity contribution in [2.45, 2.75) is 52.4 Å². The number of carbonyl (C=O) groups excluding carboxylic acids is 1. The average Bonchev–Trinajstić information content (AvgIpc) is 2.07. The van der Waals surface area contributed by atoms with Crippen LogP contribution in [0.2, 0.25) is 0 Å². The summed E-state index contributed by atoms with van der Waals surface area (Å²) in [5, 5.41) is 13.2. The van der Waals surface area contributed by atoms with Gasteiger partial charge in [0.15, 0.2) is 0 Å². The highest BCUT2D eigenvalue weighted by atomic mass is 19.4. The Morgan fingerprint density at radius 1 is 1.16 bits per heavy atom. The van der Waals surface area contributed by atoms with Crippen LogP contribution in [0.15, 0.2) is 0 Å². The monoisotopic (exact) mass is 284 g/mol. The third-order valence-electron chi connectivity index (χ3n) is 2.30. The van der Waals surface area contributed by atoms with Gasteiger partial charge in [0, 0.05) is 6.04 Å². The Hall–Kier alpha value is -1.47. The molecule has 0 aromatic rings. The van der Waals surface area contributed by atoms with E-state index < -0.39 is 42.1 Å². The highest BCUT2D eigenvalue weighted by Gasteiger charge is 2.34. The van der Waals surface area contributed by atoms with Crippen LogP contribution in [0, 0.1) is 5.41 Å². The maximum Gasteiger partial charge on any atom is 0.391 e. The number of nitrogens with one attached hydrogen (secondary N) is 2. The minimum Gasteiger partial charge on any atom is -0.480 e. The van der Waals surface area contributed by atoms with E-state index >= 15 is 0 Å². The van der Waals surface area contributed by atoms with Gasteiger partial charge in [-0.1, -0.05) is 20.8 Å². The number of carbonyl (C=O) groups is 2. The summed E-state index contributed by atoms with van der Waals surface area (Å²) in [7, 11) is 0. The van der Waals surface area contributed by atoms with Crippen molar-refractivity contribution >= 4 is 12.0 Å². The Morgan fingerprint density at radius 3 is 1.95 bits per heavy atom. The smallest absolute Gasteiger partial charge is 0.391 e. The van der Waals surface area contributed by atoms with Crippen LogP contribution in [0.25, 0.3) is 0 Å². The van der Waals surface area contributed by atoms with Gasteiger partial charge in [-0.2, -0.15) is 13.2 Å². The summed E-state index contributed by atoms with van der Waals surface area (Å²) in [6, 6.07) is -3.25. The number of aliphatic carboxylic acids is 1. The third-order valence-corrected chi connectivity index (χ3v) is 2.30. The molecular weight excluding hydrogens is 265 g/mol. The fourth-order valence-electron chi connectivity index (χ4n) is 1.44. The summed E-state index contributed by atoms with van der Waals surface area (Å²) in [5.74, 6) is -1.24. The molecule has 0 bridgehead atoms. The van der Waals surface area contributed by atoms with E-state index in [1.807, 2.05) is 0 Å². The zero-order chi connectivity index (χ0) is 15.4. The molecule has 0 aliphatic heterocycles. The van der Waals surface area contributed by atoms with Crippen LogP contribution in [0.5, 0.6) is 0 Å². The zero-order valence-corrected chi connectivity index (χ0v) is 11.3. The molecule has 0 saturated heterocycles. The molecule has 0 aliphatic carbocycles. The van der Waals surface area contributed by atoms with Crippen LogP contribution in [0.1, 0.15) is 34.1 Å². The van der Waals surface area contributed by atoms with E-state index in [1.54, 1.807) is 20.8 Å². The van der Waals surface area contributed by atoms with Crippen molar-refractivity contribution in [2.24, 2.45) is 5.41 Å². The van der Waals surface area contributed by atoms with Crippen molar-refractivity contribution in [3.8, 4) is 0 Å². The number of amides is 2. The van der Waals surface area contributed by atoms with Gasteiger partial charge in [-0.15, -0.1) is 0 Å². The topological polar surface area (TPSA) is 78.4 Å². The minimum atomic E-state index is -4.39. The summed E-state index contributed by atoms with van der Waals surface area (Å²) in [6.45, 7) is 6.00. The predicted molar refractivity (Wildman–Crippen MR) is 62.7 cm³/mol. The van der Waals surface area contributed by atoms with Gasteiger partial charge in [-0.3, -0.25) is 0 Å². The van der Waals surface area contributed by atoms with Crippen LogP contribution >= 0.6 is 0 Å². The fraction of sp³-hybridized carbons (Fsp3) is 0.818. The number of urea groups is 1. The van der Waals surface area contributed by atoms with Crippen molar-refractivity contribution in [3.05, 3.63) is 0 Å². The number of hydrogen-bond donors (Lipinski definition) is 3. The first kappa shape index (κ1) is 17.5. The maximum atomic E-state index is 12.1. The Bertz CT molecular complexity index is 337. The quantitative estimate of drug-likeness (QED) is 0.740. The van der Waals surface area contributed by atoms with Crippen molar-refractivity contribution in [3.63, 3.8) is 0 Å². The fourth-order valence-corrected chi connectivity index (χ4v) is 1.44. The number of halogens is 3. The first-order valence-corrected chi connectivity index (χ1v) is 5.69. The molecule has 2 atom stereocenters. The average molecular weight is 284 g/mol. The SMILES string of the molecule is CC(CC(F)(F)F)NC(=O)N[C@@H](C(=O)O)C(C)(C)C. The molecule has 1 unspecified atom stereocenters. The van der Waals surface area contributed by atoms with Gasteiger partial charge >= 0.3 is 18.2 Å². The molecule has 2 amide bonds. The van der Waals surface area contributed by atoms with E-state index in [1.165, 1.54) is 6.92 Å². The first-order chi connectivity index (χ1) is 8.33. The van der Waals surface area contributed by atoms with E-state index in [-0.39, 0.29) is 0 Å². The number of alkyl halides is 3. The van der Waals surface area contributed by atoms with Crippen molar-refractivity contribution in [1.82, 2.24) is 10.6 Å². The molecule has 0 aromatic heterocycles. The highest BCUT2D eigenvalue weighted by molar-refractivity contribution is 5.83. The van der Waals surface area contributed by atoms with Crippen LogP contribution in [-0.4, -0.2) is 35.4 Å². The molecule has 0 spiro atoms. The molecule has 0 fully saturated rings. The Kier molecular flexibility index (Phi) is 5.64. The second-order valence-corrected chi connectivity index (χ2v) is 5.48. The van der Waals surface area contributed by atoms with Crippen molar-refractivity contribution in [2.75, 3.05) is 0 Å². The Labute approximate surface area is 109 Å². The number of hydrogen-bond acceptors (Lipinski definition) is 2. The molecule has 0 rings (SSSR count). The number of rotatable bonds is 4. The Balaban J connectivity index is 4.48. The molecule has 0 aromatic carbocycles. The lowest BCUT2D eigenvalue weighted by molar-refractivity contribution is -0.142. The molecule has 0 heterocycles. The van der Waals surface area contributed by atoms with E-state index in [4.69, 9.17) is 5.11 Å². The van der Waals surface area contributed by atoms with Gasteiger partial charge in [-0.25, -0.2) is 9.59 Å². The van der Waals surface area contributed by atoms with Gasteiger partial charge in [0.1, 0.15) is 6.04 Å². The maximum absolute atomic E-state index is 12.1. The summed E-state index contributed by atoms with van der Waals surface area (Å²) in [5.41, 5.74) is -0.754. The predicted octanol–water partition coefficient (Wildman–Crippen LogP) is 2.13. The largest absolute Gasteiger partial charge is 0.480 e. The van der Waals surface area contributed by atoms with Crippen LogP contribution in [-0.2, 0) is 4.79 Å². The Morgan fingerprint density at radius 2 is 1.63 bits per heavy atom. The molecule has 3 N–H and O–H groups in total. The lowest BCUT2D eigenvalue weighted by Gasteiger charge is -2.28. The molecule has 0 saturated carbocycles. The van der Waals surface area contributed by atoms with Crippen molar-refractivity contribution in [1.29, 1.82) is 0 Å². The summed E-state index contributed by atoms with van der Waals surface area (Å²) in [4.78, 5) is 22.4. The van der Waals surface area contributed by atoms with E-state index in [2.05, 4.69) is 10.6 Å². The standard InChI is InChI=1S/C11H19F3N2O3/c1-6(5-11(12,13)14)15-9(19)16-7(8(17)18)10(2,3)4/h6-7H,5H2,1-4H3,(H,17,18)(H2,15,16,19)/t6?,7-/m0/s1. The lowest BCUT2D eigenvalue weighted by atomic mass is 9.87. The molecule has 0 radical (unpaired) electrons. The first-order valence-electron chi connectivity index (χ1n) is 5.69. The van der Waals surface area contributed by atoms with E-state index in [0.717, 1.165) is 0 Å². The van der Waals surface area contributed by atoms with E-state index in [9.17, 15) is 22.8 Å². The third kappa shape index (κ3) is 7.53. The van der Waals surface area contributed by atoms with Gasteiger partial charge in [0.25, 0.3) is 0 Å². The van der Waals surface area contributed by atoms with Crippen LogP contribution in [0.3, 0.4) is 0 Å². The second kappa shape index (κ2) is 6.12. The van der Waals surface area contributed by atoms with Crippen LogP contribution < -0.4 is 10.6 Å². The zero-order valence-electron chi connectivity index (χ0n) is 11.3. The molecule has 5 nitrogen and oxygen atoms in total. The summed E-state index contributed by atoms with van der Waals surface area (Å²) < 4.78 is 36.2. The van der Waals surface area contributed by atoms with E-state index in [0.29, 0.717) is 0 Å². The second-order valence-electron chi connectivity index (χ2n) is 5.48. The van der Waals surface area contributed by atoms with Gasteiger partial charge in [0.05, 0.1) is 6.42 Å². The molecular formula is C11H19F3N2O3. The molecule has 19 heavy (non-hydrogen) atoms. The lowest BCUT2D eigenvalue weighted by Crippen LogP contribution is -2.53. The van der Waals surface area contributed by atoms with Gasteiger partial charge in [0.2, 0.25) is 0 Å². The normalized spacial score (nSPS) is 15.5. The summed E-state index contributed by atoms with van der Waals surface area (Å²) in [6.07, 6.45) is -5.56. The number of carboxylic acids is 1. The molecule has 0 aliphatic rings. The summed E-state index contributed by atoms with van der Waals surface area (Å²) >= 11 is 0. The number of carboxylic acid groups (broad SMARTS) is 1. The highest BCUT2D eigenvalue weighted by Crippen LogP contribution is 2.22. The van der Waals surface area contributed by atoms with Gasteiger partial charge < -0.3 is 15.7 Å². The van der Waals surface area contributed by atoms with Crippen LogP contribution in [0.4, 0.5) is 18.0 Å². The van der Waals surface area contributed by atoms with Gasteiger partial charge in [-0.05, 0) is 12.3 Å². The molecule has 112 valence electrons. The minimum absolute atomic E-state index is 0.754.